The van der Waals surface area contributed by atoms with E-state index in [2.05, 4.69) is 10.6 Å². The molecule has 0 fully saturated rings. The van der Waals surface area contributed by atoms with Crippen LogP contribution in [0, 0.1) is 0 Å². The van der Waals surface area contributed by atoms with Crippen molar-refractivity contribution in [3.63, 3.8) is 0 Å². The maximum absolute atomic E-state index is 12.6. The first kappa shape index (κ1) is 12.8. The first-order valence-electron chi connectivity index (χ1n) is 6.23. The van der Waals surface area contributed by atoms with Gasteiger partial charge in [-0.05, 0) is 26.2 Å². The van der Waals surface area contributed by atoms with Crippen molar-refractivity contribution in [1.82, 2.24) is 10.6 Å². The maximum Gasteiger partial charge on any atom is 0.256 e. The molecule has 5 heteroatoms. The number of nitrogens with one attached hydrogen (secondary N) is 2. The minimum Gasteiger partial charge on any atom is -0.383 e. The zero-order chi connectivity index (χ0) is 13.1. The van der Waals surface area contributed by atoms with Gasteiger partial charge in [0.25, 0.3) is 5.91 Å². The summed E-state index contributed by atoms with van der Waals surface area (Å²) in [6.07, 6.45) is 5.04. The summed E-state index contributed by atoms with van der Waals surface area (Å²) in [4.78, 5) is 23.9. The quantitative estimate of drug-likeness (QED) is 0.737. The maximum atomic E-state index is 12.6. The standard InChI is InChI=1S/C13H17FN2O2/c1-8(14)6-16-13(18)10-7-15-11-5-3-2-4-9(11)12(10)17/h4,7-8,11,15H,2-3,5-6H2,1H3,(H,16,18). The molecule has 1 amide bonds. The number of hydrogen-bond donors (Lipinski definition) is 2. The summed E-state index contributed by atoms with van der Waals surface area (Å²) in [5, 5.41) is 5.47. The Balaban J connectivity index is 2.08. The predicted octanol–water partition coefficient (Wildman–Crippen LogP) is 0.996. The van der Waals surface area contributed by atoms with Gasteiger partial charge in [-0.1, -0.05) is 6.08 Å². The molecule has 0 aromatic carbocycles. The summed E-state index contributed by atoms with van der Waals surface area (Å²) in [6.45, 7) is 1.28. The fourth-order valence-corrected chi connectivity index (χ4v) is 2.20. The SMILES string of the molecule is CC(F)CNC(=O)C1=CNC2CCCC=C2C1=O. The Hall–Kier alpha value is -1.65. The van der Waals surface area contributed by atoms with Crippen LogP contribution in [0.3, 0.4) is 0 Å². The van der Waals surface area contributed by atoms with Gasteiger partial charge >= 0.3 is 0 Å². The Bertz CT molecular complexity index is 427. The Morgan fingerprint density at radius 1 is 1.67 bits per heavy atom. The highest BCUT2D eigenvalue weighted by Gasteiger charge is 2.31. The molecule has 0 spiro atoms. The van der Waals surface area contributed by atoms with E-state index < -0.39 is 12.1 Å². The Morgan fingerprint density at radius 3 is 3.17 bits per heavy atom. The number of amides is 1. The van der Waals surface area contributed by atoms with Crippen LogP contribution in [0.25, 0.3) is 0 Å². The van der Waals surface area contributed by atoms with Crippen LogP contribution in [0.1, 0.15) is 26.2 Å². The van der Waals surface area contributed by atoms with Gasteiger partial charge in [-0.2, -0.15) is 0 Å². The van der Waals surface area contributed by atoms with Crippen molar-refractivity contribution in [2.75, 3.05) is 6.54 Å². The molecule has 1 aliphatic carbocycles. The summed E-state index contributed by atoms with van der Waals surface area (Å²) in [6, 6.07) is 0.0305. The minimum absolute atomic E-state index is 0.0305. The summed E-state index contributed by atoms with van der Waals surface area (Å²) < 4.78 is 12.6. The average Bonchev–Trinajstić information content (AvgIpc) is 2.37. The van der Waals surface area contributed by atoms with Crippen molar-refractivity contribution in [3.05, 3.63) is 23.4 Å². The molecule has 4 nitrogen and oxygen atoms in total. The molecule has 18 heavy (non-hydrogen) atoms. The van der Waals surface area contributed by atoms with E-state index in [9.17, 15) is 14.0 Å². The molecule has 2 rings (SSSR count). The third kappa shape index (κ3) is 2.60. The van der Waals surface area contributed by atoms with Gasteiger partial charge in [0.1, 0.15) is 11.7 Å². The Labute approximate surface area is 105 Å². The van der Waals surface area contributed by atoms with E-state index in [0.717, 1.165) is 19.3 Å². The number of alkyl halides is 1. The molecule has 98 valence electrons. The first-order valence-corrected chi connectivity index (χ1v) is 6.23. The number of fused-ring (bicyclic) bond motifs is 1. The van der Waals surface area contributed by atoms with Crippen molar-refractivity contribution in [1.29, 1.82) is 0 Å². The fourth-order valence-electron chi connectivity index (χ4n) is 2.20. The topological polar surface area (TPSA) is 58.2 Å². The second-order valence-corrected chi connectivity index (χ2v) is 4.69. The lowest BCUT2D eigenvalue weighted by Crippen LogP contribution is -2.42. The van der Waals surface area contributed by atoms with E-state index in [1.165, 1.54) is 13.1 Å². The number of ketones is 1. The second kappa shape index (κ2) is 5.33. The van der Waals surface area contributed by atoms with Crippen LogP contribution in [0.4, 0.5) is 4.39 Å². The van der Waals surface area contributed by atoms with E-state index >= 15 is 0 Å². The van der Waals surface area contributed by atoms with Gasteiger partial charge in [0, 0.05) is 18.3 Å². The zero-order valence-electron chi connectivity index (χ0n) is 10.3. The van der Waals surface area contributed by atoms with Crippen molar-refractivity contribution in [2.45, 2.75) is 38.4 Å². The van der Waals surface area contributed by atoms with Gasteiger partial charge in [0.2, 0.25) is 0 Å². The minimum atomic E-state index is -1.12. The van der Waals surface area contributed by atoms with Crippen LogP contribution in [-0.4, -0.2) is 30.4 Å². The molecule has 1 heterocycles. The predicted molar refractivity (Wildman–Crippen MR) is 65.5 cm³/mol. The Morgan fingerprint density at radius 2 is 2.44 bits per heavy atom. The summed E-state index contributed by atoms with van der Waals surface area (Å²) >= 11 is 0. The number of hydrogen-bond acceptors (Lipinski definition) is 3. The van der Waals surface area contributed by atoms with E-state index in [0.29, 0.717) is 5.57 Å². The van der Waals surface area contributed by atoms with E-state index in [4.69, 9.17) is 0 Å². The van der Waals surface area contributed by atoms with Gasteiger partial charge in [-0.3, -0.25) is 9.59 Å². The molecule has 2 N–H and O–H groups in total. The lowest BCUT2D eigenvalue weighted by molar-refractivity contribution is -0.121. The van der Waals surface area contributed by atoms with Crippen molar-refractivity contribution >= 4 is 11.7 Å². The number of carbonyl (C=O) groups excluding carboxylic acids is 2. The number of carbonyl (C=O) groups is 2. The molecule has 0 aromatic heterocycles. The summed E-state index contributed by atoms with van der Waals surface area (Å²) in [7, 11) is 0. The van der Waals surface area contributed by atoms with Gasteiger partial charge < -0.3 is 10.6 Å². The molecule has 2 unspecified atom stereocenters. The van der Waals surface area contributed by atoms with Gasteiger partial charge in [-0.15, -0.1) is 0 Å². The lowest BCUT2D eigenvalue weighted by atomic mass is 9.86. The molecule has 2 atom stereocenters. The largest absolute Gasteiger partial charge is 0.383 e. The molecular formula is C13H17FN2O2. The van der Waals surface area contributed by atoms with Crippen LogP contribution < -0.4 is 10.6 Å². The van der Waals surface area contributed by atoms with Crippen LogP contribution in [0.2, 0.25) is 0 Å². The molecule has 0 radical (unpaired) electrons. The smallest absolute Gasteiger partial charge is 0.256 e. The number of rotatable bonds is 3. The van der Waals surface area contributed by atoms with Crippen LogP contribution >= 0.6 is 0 Å². The highest BCUT2D eigenvalue weighted by molar-refractivity contribution is 6.26. The summed E-state index contributed by atoms with van der Waals surface area (Å²) in [5.74, 6) is -0.746. The van der Waals surface area contributed by atoms with Crippen molar-refractivity contribution in [3.8, 4) is 0 Å². The molecule has 0 saturated carbocycles. The second-order valence-electron chi connectivity index (χ2n) is 4.69. The van der Waals surface area contributed by atoms with Gasteiger partial charge in [-0.25, -0.2) is 4.39 Å². The van der Waals surface area contributed by atoms with E-state index in [-0.39, 0.29) is 23.9 Å². The van der Waals surface area contributed by atoms with Gasteiger partial charge in [0.15, 0.2) is 5.78 Å². The molecular weight excluding hydrogens is 235 g/mol. The molecule has 0 aromatic rings. The van der Waals surface area contributed by atoms with Crippen molar-refractivity contribution in [2.24, 2.45) is 0 Å². The average molecular weight is 252 g/mol. The third-order valence-corrected chi connectivity index (χ3v) is 3.16. The molecule has 0 saturated heterocycles. The van der Waals surface area contributed by atoms with Gasteiger partial charge in [0.05, 0.1) is 6.04 Å². The zero-order valence-corrected chi connectivity index (χ0v) is 10.3. The highest BCUT2D eigenvalue weighted by Crippen LogP contribution is 2.24. The Kier molecular flexibility index (Phi) is 3.79. The number of Topliss-reactive ketones (excluding diaryl/α,β-unsaturated/α-hetero) is 1. The normalized spacial score (nSPS) is 24.3. The molecule has 0 bridgehead atoms. The first-order chi connectivity index (χ1) is 8.59. The highest BCUT2D eigenvalue weighted by atomic mass is 19.1. The summed E-state index contributed by atoms with van der Waals surface area (Å²) in [5.41, 5.74) is 0.738. The van der Waals surface area contributed by atoms with Crippen LogP contribution in [-0.2, 0) is 9.59 Å². The molecule has 2 aliphatic rings. The van der Waals surface area contributed by atoms with Crippen LogP contribution in [0.15, 0.2) is 23.4 Å². The fraction of sp³-hybridized carbons (Fsp3) is 0.538. The third-order valence-electron chi connectivity index (χ3n) is 3.16. The van der Waals surface area contributed by atoms with E-state index in [1.807, 2.05) is 6.08 Å². The van der Waals surface area contributed by atoms with E-state index in [1.54, 1.807) is 0 Å². The number of halogens is 1. The van der Waals surface area contributed by atoms with Crippen molar-refractivity contribution < 1.29 is 14.0 Å². The lowest BCUT2D eigenvalue weighted by Gasteiger charge is -2.28. The van der Waals surface area contributed by atoms with Crippen LogP contribution in [0.5, 0.6) is 0 Å². The monoisotopic (exact) mass is 252 g/mol. The molecule has 1 aliphatic heterocycles. The number of allylic oxidation sites excluding steroid dienone is 1.